The molecule has 0 radical (unpaired) electrons. The minimum absolute atomic E-state index is 0.0173. The molecule has 0 saturated heterocycles. The van der Waals surface area contributed by atoms with Crippen LogP contribution in [0.5, 0.6) is 0 Å². The van der Waals surface area contributed by atoms with Crippen LogP contribution in [0, 0.1) is 11.3 Å². The summed E-state index contributed by atoms with van der Waals surface area (Å²) in [4.78, 5) is 0. The Kier molecular flexibility index (Phi) is 4.45. The van der Waals surface area contributed by atoms with Crippen LogP contribution in [-0.4, -0.2) is 20.6 Å². The van der Waals surface area contributed by atoms with E-state index in [4.69, 9.17) is 5.26 Å². The van der Waals surface area contributed by atoms with Crippen LogP contribution >= 0.6 is 0 Å². The molecule has 1 aromatic heterocycles. The second kappa shape index (κ2) is 6.19. The number of nitrogens with one attached hydrogen (secondary N) is 2. The highest BCUT2D eigenvalue weighted by Gasteiger charge is 2.38. The van der Waals surface area contributed by atoms with E-state index in [9.17, 15) is 26.3 Å². The van der Waals surface area contributed by atoms with Gasteiger partial charge in [0, 0.05) is 6.20 Å². The summed E-state index contributed by atoms with van der Waals surface area (Å²) in [6.07, 6.45) is -9.12. The molecule has 0 aliphatic heterocycles. The Morgan fingerprint density at radius 3 is 2.38 bits per heavy atom. The summed E-state index contributed by atoms with van der Waals surface area (Å²) < 4.78 is 76.6. The largest absolute Gasteiger partial charge is 0.418 e. The number of benzene rings is 1. The van der Waals surface area contributed by atoms with Gasteiger partial charge in [-0.25, -0.2) is 0 Å². The van der Waals surface area contributed by atoms with Gasteiger partial charge < -0.3 is 5.32 Å². The summed E-state index contributed by atoms with van der Waals surface area (Å²) in [6, 6.07) is 2.71. The van der Waals surface area contributed by atoms with Crippen LogP contribution in [0.2, 0.25) is 0 Å². The van der Waals surface area contributed by atoms with Crippen LogP contribution in [0.1, 0.15) is 17.0 Å². The first-order valence-corrected chi connectivity index (χ1v) is 6.02. The monoisotopic (exact) mass is 348 g/mol. The van der Waals surface area contributed by atoms with Gasteiger partial charge in [0.25, 0.3) is 0 Å². The minimum Gasteiger partial charge on any atom is -0.360 e. The van der Waals surface area contributed by atoms with Gasteiger partial charge in [-0.1, -0.05) is 0 Å². The summed E-state index contributed by atoms with van der Waals surface area (Å²) in [5.41, 5.74) is -3.90. The maximum Gasteiger partial charge on any atom is 0.418 e. The molecule has 2 N–H and O–H groups in total. The van der Waals surface area contributed by atoms with Crippen molar-refractivity contribution in [2.75, 3.05) is 5.32 Å². The summed E-state index contributed by atoms with van der Waals surface area (Å²) in [6.45, 7) is 0. The minimum atomic E-state index is -5.03. The third-order valence-corrected chi connectivity index (χ3v) is 2.73. The molecule has 0 fully saturated rings. The quantitative estimate of drug-likeness (QED) is 0.657. The van der Waals surface area contributed by atoms with E-state index >= 15 is 0 Å². The number of nitriles is 1. The van der Waals surface area contributed by atoms with Gasteiger partial charge in [0.15, 0.2) is 0 Å². The molecule has 0 unspecified atom stereocenters. The lowest BCUT2D eigenvalue weighted by atomic mass is 10.1. The van der Waals surface area contributed by atoms with Crippen LogP contribution in [0.4, 0.5) is 32.0 Å². The van der Waals surface area contributed by atoms with Crippen molar-refractivity contribution in [1.82, 2.24) is 20.6 Å². The SMILES string of the molecule is N#CC(=CNc1ccc(C(F)(F)F)cc1C(F)(F)F)c1nn[nH]n1. The predicted molar refractivity (Wildman–Crippen MR) is 67.8 cm³/mol. The Bertz CT molecular complexity index is 784. The second-order valence-electron chi connectivity index (χ2n) is 4.31. The first-order chi connectivity index (χ1) is 11.1. The Hall–Kier alpha value is -3.10. The van der Waals surface area contributed by atoms with Gasteiger partial charge in [-0.2, -0.15) is 36.8 Å². The van der Waals surface area contributed by atoms with Gasteiger partial charge in [-0.15, -0.1) is 10.2 Å². The molecule has 6 nitrogen and oxygen atoms in total. The number of allylic oxidation sites excluding steroid dienone is 1. The predicted octanol–water partition coefficient (Wildman–Crippen LogP) is 3.21. The molecule has 2 rings (SSSR count). The number of halogens is 6. The summed E-state index contributed by atoms with van der Waals surface area (Å²) in [5, 5.41) is 23.2. The van der Waals surface area contributed by atoms with Crippen LogP contribution in [-0.2, 0) is 12.4 Å². The van der Waals surface area contributed by atoms with Crippen molar-refractivity contribution in [3.63, 3.8) is 0 Å². The Morgan fingerprint density at radius 1 is 1.17 bits per heavy atom. The molecule has 126 valence electrons. The highest BCUT2D eigenvalue weighted by atomic mass is 19.4. The fourth-order valence-corrected chi connectivity index (χ4v) is 1.65. The molecule has 0 saturated carbocycles. The van der Waals surface area contributed by atoms with E-state index in [0.717, 1.165) is 6.20 Å². The van der Waals surface area contributed by atoms with Crippen molar-refractivity contribution in [3.05, 3.63) is 41.4 Å². The number of alkyl halides is 6. The highest BCUT2D eigenvalue weighted by molar-refractivity contribution is 5.74. The molecule has 1 aromatic carbocycles. The number of nitrogens with zero attached hydrogens (tertiary/aromatic N) is 4. The zero-order chi connectivity index (χ0) is 18.0. The van der Waals surface area contributed by atoms with Gasteiger partial charge in [-0.05, 0) is 23.4 Å². The zero-order valence-electron chi connectivity index (χ0n) is 11.4. The first kappa shape index (κ1) is 17.3. The molecular formula is C12H6F6N6. The van der Waals surface area contributed by atoms with Crippen molar-refractivity contribution in [2.24, 2.45) is 0 Å². The molecule has 0 spiro atoms. The fraction of sp³-hybridized carbons (Fsp3) is 0.167. The molecule has 0 aliphatic rings. The fourth-order valence-electron chi connectivity index (χ4n) is 1.65. The summed E-state index contributed by atoms with van der Waals surface area (Å²) >= 11 is 0. The van der Waals surface area contributed by atoms with Crippen LogP contribution in [0.15, 0.2) is 24.4 Å². The Morgan fingerprint density at radius 2 is 1.88 bits per heavy atom. The lowest BCUT2D eigenvalue weighted by Crippen LogP contribution is -2.13. The van der Waals surface area contributed by atoms with E-state index in [2.05, 4.69) is 25.9 Å². The second-order valence-corrected chi connectivity index (χ2v) is 4.31. The van der Waals surface area contributed by atoms with E-state index in [1.54, 1.807) is 6.07 Å². The number of aromatic nitrogens is 4. The van der Waals surface area contributed by atoms with Gasteiger partial charge in [0.2, 0.25) is 5.82 Å². The average molecular weight is 348 g/mol. The molecule has 0 bridgehead atoms. The van der Waals surface area contributed by atoms with Crippen molar-refractivity contribution < 1.29 is 26.3 Å². The summed E-state index contributed by atoms with van der Waals surface area (Å²) in [7, 11) is 0. The van der Waals surface area contributed by atoms with Crippen molar-refractivity contribution in [2.45, 2.75) is 12.4 Å². The summed E-state index contributed by atoms with van der Waals surface area (Å²) in [5.74, 6) is -0.189. The standard InChI is InChI=1S/C12H6F6N6/c13-11(14,15)7-1-2-9(8(3-7)12(16,17)18)20-5-6(4-19)10-21-23-24-22-10/h1-3,5,20H,(H,21,22,23,24). The van der Waals surface area contributed by atoms with Crippen molar-refractivity contribution >= 4 is 11.3 Å². The maximum atomic E-state index is 13.0. The van der Waals surface area contributed by atoms with E-state index < -0.39 is 29.2 Å². The van der Waals surface area contributed by atoms with Gasteiger partial charge >= 0.3 is 12.4 Å². The number of anilines is 1. The van der Waals surface area contributed by atoms with Gasteiger partial charge in [0.05, 0.1) is 16.8 Å². The first-order valence-electron chi connectivity index (χ1n) is 6.02. The molecule has 0 aliphatic carbocycles. The van der Waals surface area contributed by atoms with Crippen LogP contribution in [0.3, 0.4) is 0 Å². The van der Waals surface area contributed by atoms with E-state index in [1.165, 1.54) is 0 Å². The number of H-pyrrole nitrogens is 1. The number of tetrazole rings is 1. The molecule has 24 heavy (non-hydrogen) atoms. The highest BCUT2D eigenvalue weighted by Crippen LogP contribution is 2.39. The van der Waals surface area contributed by atoms with Crippen molar-refractivity contribution in [3.8, 4) is 6.07 Å². The average Bonchev–Trinajstić information content (AvgIpc) is 3.00. The lowest BCUT2D eigenvalue weighted by molar-refractivity contribution is -0.142. The zero-order valence-corrected chi connectivity index (χ0v) is 11.4. The van der Waals surface area contributed by atoms with Crippen LogP contribution in [0.25, 0.3) is 5.57 Å². The molecule has 0 atom stereocenters. The van der Waals surface area contributed by atoms with Crippen molar-refractivity contribution in [1.29, 1.82) is 5.26 Å². The van der Waals surface area contributed by atoms with E-state index in [0.29, 0.717) is 12.1 Å². The Balaban J connectivity index is 2.42. The smallest absolute Gasteiger partial charge is 0.360 e. The third-order valence-electron chi connectivity index (χ3n) is 2.73. The molecule has 2 aromatic rings. The normalized spacial score (nSPS) is 12.8. The Labute approximate surface area is 129 Å². The molecular weight excluding hydrogens is 342 g/mol. The topological polar surface area (TPSA) is 90.3 Å². The molecule has 0 amide bonds. The third kappa shape index (κ3) is 3.80. The number of hydrogen-bond donors (Lipinski definition) is 2. The van der Waals surface area contributed by atoms with E-state index in [-0.39, 0.29) is 17.5 Å². The van der Waals surface area contributed by atoms with Gasteiger partial charge in [-0.3, -0.25) is 0 Å². The number of aromatic amines is 1. The lowest BCUT2D eigenvalue weighted by Gasteiger charge is -2.15. The van der Waals surface area contributed by atoms with Gasteiger partial charge in [0.1, 0.15) is 11.6 Å². The number of rotatable bonds is 3. The maximum absolute atomic E-state index is 13.0. The van der Waals surface area contributed by atoms with Crippen LogP contribution < -0.4 is 5.32 Å². The number of hydrogen-bond acceptors (Lipinski definition) is 5. The molecule has 1 heterocycles. The molecule has 12 heteroatoms. The van der Waals surface area contributed by atoms with E-state index in [1.807, 2.05) is 0 Å².